The number of ether oxygens (including phenoxy) is 1. The molecule has 1 aromatic carbocycles. The van der Waals surface area contributed by atoms with Gasteiger partial charge in [0.2, 0.25) is 6.41 Å². The smallest absolute Gasteiger partial charge is 0.410 e. The number of aromatic hydroxyl groups is 1. The lowest BCUT2D eigenvalue weighted by Gasteiger charge is -2.31. The van der Waals surface area contributed by atoms with Crippen LogP contribution in [0, 0.1) is 0 Å². The molecule has 3 rings (SSSR count). The maximum absolute atomic E-state index is 11.9. The third kappa shape index (κ3) is 15.5. The molecule has 0 radical (unpaired) electrons. The van der Waals surface area contributed by atoms with Crippen molar-refractivity contribution in [1.29, 1.82) is 0 Å². The lowest BCUT2D eigenvalue weighted by atomic mass is 10.00. The molecule has 0 saturated carbocycles. The number of carbonyl (C=O) groups excluding carboxylic acids is 2. The number of phenols is 1. The lowest BCUT2D eigenvalue weighted by molar-refractivity contribution is -0.109. The number of amides is 2. The van der Waals surface area contributed by atoms with Crippen molar-refractivity contribution in [3.05, 3.63) is 41.0 Å². The SMILES string of the molecule is CC(C)(C)OC(=O)N1CCc2ccc(O)cc2C1.CC1=CCCN(CCNC=O)C1.CCC.CCC. The van der Waals surface area contributed by atoms with Crippen molar-refractivity contribution < 1.29 is 19.4 Å². The highest BCUT2D eigenvalue weighted by molar-refractivity contribution is 5.68. The Labute approximate surface area is 219 Å². The van der Waals surface area contributed by atoms with Gasteiger partial charge in [-0.05, 0) is 63.8 Å². The number of hydrogen-bond acceptors (Lipinski definition) is 5. The van der Waals surface area contributed by atoms with E-state index >= 15 is 0 Å². The van der Waals surface area contributed by atoms with Crippen LogP contribution in [0.15, 0.2) is 29.8 Å². The highest BCUT2D eigenvalue weighted by Crippen LogP contribution is 2.24. The minimum atomic E-state index is -0.476. The van der Waals surface area contributed by atoms with Crippen molar-refractivity contribution in [3.8, 4) is 5.75 Å². The number of nitrogens with one attached hydrogen (secondary N) is 1. The maximum atomic E-state index is 11.9. The van der Waals surface area contributed by atoms with E-state index in [1.165, 1.54) is 24.0 Å². The van der Waals surface area contributed by atoms with Gasteiger partial charge >= 0.3 is 6.09 Å². The first kappa shape index (κ1) is 33.5. The van der Waals surface area contributed by atoms with Crippen LogP contribution in [-0.4, -0.2) is 65.7 Å². The Morgan fingerprint density at radius 1 is 1.08 bits per heavy atom. The largest absolute Gasteiger partial charge is 0.508 e. The molecule has 2 aliphatic rings. The fourth-order valence-electron chi connectivity index (χ4n) is 3.49. The Kier molecular flexibility index (Phi) is 17.4. The summed E-state index contributed by atoms with van der Waals surface area (Å²) in [5.41, 5.74) is 3.14. The van der Waals surface area contributed by atoms with E-state index in [9.17, 15) is 14.7 Å². The lowest BCUT2D eigenvalue weighted by Crippen LogP contribution is -2.39. The maximum Gasteiger partial charge on any atom is 0.410 e. The summed E-state index contributed by atoms with van der Waals surface area (Å²) >= 11 is 0. The van der Waals surface area contributed by atoms with Gasteiger partial charge in [0.05, 0.1) is 0 Å². The number of hydrogen-bond donors (Lipinski definition) is 2. The molecule has 0 fully saturated rings. The van der Waals surface area contributed by atoms with Gasteiger partial charge in [-0.1, -0.05) is 58.3 Å². The van der Waals surface area contributed by atoms with Crippen LogP contribution >= 0.6 is 0 Å². The highest BCUT2D eigenvalue weighted by Gasteiger charge is 2.25. The van der Waals surface area contributed by atoms with E-state index in [1.54, 1.807) is 17.0 Å². The van der Waals surface area contributed by atoms with Crippen LogP contribution in [0.1, 0.15) is 85.8 Å². The Morgan fingerprint density at radius 2 is 1.72 bits per heavy atom. The van der Waals surface area contributed by atoms with Gasteiger partial charge in [-0.15, -0.1) is 0 Å². The molecule has 2 amide bonds. The average molecular weight is 506 g/mol. The van der Waals surface area contributed by atoms with E-state index in [0.29, 0.717) is 13.1 Å². The summed E-state index contributed by atoms with van der Waals surface area (Å²) in [6.45, 7) is 21.3. The average Bonchev–Trinajstić information content (AvgIpc) is 2.79. The quantitative estimate of drug-likeness (QED) is 0.302. The molecule has 0 saturated heterocycles. The molecule has 206 valence electrons. The van der Waals surface area contributed by atoms with Gasteiger partial charge in [0.15, 0.2) is 0 Å². The minimum Gasteiger partial charge on any atom is -0.508 e. The van der Waals surface area contributed by atoms with Gasteiger partial charge in [0, 0.05) is 39.3 Å². The molecule has 1 aromatic rings. The first-order valence-electron chi connectivity index (χ1n) is 13.3. The van der Waals surface area contributed by atoms with Crippen molar-refractivity contribution in [2.45, 2.75) is 93.2 Å². The molecule has 2 N–H and O–H groups in total. The summed E-state index contributed by atoms with van der Waals surface area (Å²) in [6, 6.07) is 5.31. The van der Waals surface area contributed by atoms with Crippen molar-refractivity contribution in [1.82, 2.24) is 15.1 Å². The Balaban J connectivity index is 0.000000587. The summed E-state index contributed by atoms with van der Waals surface area (Å²) in [5, 5.41) is 12.1. The van der Waals surface area contributed by atoms with E-state index in [2.05, 4.69) is 50.9 Å². The second-order valence-corrected chi connectivity index (χ2v) is 10.2. The van der Waals surface area contributed by atoms with Crippen LogP contribution in [-0.2, 0) is 22.5 Å². The third-order valence-electron chi connectivity index (χ3n) is 4.92. The number of rotatable bonds is 4. The van der Waals surface area contributed by atoms with Gasteiger partial charge in [-0.25, -0.2) is 4.79 Å². The number of nitrogens with zero attached hydrogens (tertiary/aromatic N) is 2. The van der Waals surface area contributed by atoms with Crippen LogP contribution < -0.4 is 5.32 Å². The first-order chi connectivity index (χ1) is 17.0. The molecule has 0 atom stereocenters. The summed E-state index contributed by atoms with van der Waals surface area (Å²) in [6.07, 6.45) is 7.19. The zero-order valence-electron chi connectivity index (χ0n) is 24.0. The molecule has 2 heterocycles. The fourth-order valence-corrected chi connectivity index (χ4v) is 3.49. The predicted molar refractivity (Wildman–Crippen MR) is 149 cm³/mol. The number of fused-ring (bicyclic) bond motifs is 1. The van der Waals surface area contributed by atoms with Crippen molar-refractivity contribution in [2.24, 2.45) is 0 Å². The Morgan fingerprint density at radius 3 is 2.28 bits per heavy atom. The molecule has 0 spiro atoms. The molecule has 0 aromatic heterocycles. The zero-order chi connectivity index (χ0) is 27.6. The van der Waals surface area contributed by atoms with Crippen molar-refractivity contribution in [2.75, 3.05) is 32.7 Å². The van der Waals surface area contributed by atoms with Gasteiger partial charge in [-0.2, -0.15) is 0 Å². The normalized spacial score (nSPS) is 14.8. The van der Waals surface area contributed by atoms with Crippen LogP contribution in [0.5, 0.6) is 5.75 Å². The third-order valence-corrected chi connectivity index (χ3v) is 4.92. The van der Waals surface area contributed by atoms with Gasteiger partial charge in [0.25, 0.3) is 0 Å². The molecular formula is C29H51N3O4. The highest BCUT2D eigenvalue weighted by atomic mass is 16.6. The summed E-state index contributed by atoms with van der Waals surface area (Å²) in [7, 11) is 0. The van der Waals surface area contributed by atoms with Crippen LogP contribution in [0.2, 0.25) is 0 Å². The second kappa shape index (κ2) is 18.7. The molecule has 0 unspecified atom stereocenters. The summed E-state index contributed by atoms with van der Waals surface area (Å²) in [4.78, 5) is 25.9. The summed E-state index contributed by atoms with van der Waals surface area (Å²) < 4.78 is 5.35. The zero-order valence-corrected chi connectivity index (χ0v) is 24.0. The predicted octanol–water partition coefficient (Wildman–Crippen LogP) is 5.90. The number of benzene rings is 1. The van der Waals surface area contributed by atoms with Gasteiger partial charge in [0.1, 0.15) is 11.4 Å². The van der Waals surface area contributed by atoms with Crippen LogP contribution in [0.3, 0.4) is 0 Å². The van der Waals surface area contributed by atoms with Crippen molar-refractivity contribution in [3.63, 3.8) is 0 Å². The molecular weight excluding hydrogens is 454 g/mol. The van der Waals surface area contributed by atoms with E-state index in [-0.39, 0.29) is 11.8 Å². The molecule has 0 aliphatic carbocycles. The Bertz CT molecular complexity index is 785. The van der Waals surface area contributed by atoms with Crippen LogP contribution in [0.25, 0.3) is 0 Å². The minimum absolute atomic E-state index is 0.236. The molecule has 7 nitrogen and oxygen atoms in total. The first-order valence-corrected chi connectivity index (χ1v) is 13.3. The number of carbonyl (C=O) groups is 2. The second-order valence-electron chi connectivity index (χ2n) is 10.2. The number of phenolic OH excluding ortho intramolecular Hbond substituents is 1. The fraction of sp³-hybridized carbons (Fsp3) is 0.655. The molecule has 7 heteroatoms. The van der Waals surface area contributed by atoms with Crippen molar-refractivity contribution >= 4 is 12.5 Å². The topological polar surface area (TPSA) is 82.1 Å². The molecule has 36 heavy (non-hydrogen) atoms. The van der Waals surface area contributed by atoms with E-state index in [1.807, 2.05) is 26.8 Å². The monoisotopic (exact) mass is 505 g/mol. The van der Waals surface area contributed by atoms with Gasteiger partial charge < -0.3 is 20.1 Å². The summed E-state index contributed by atoms with van der Waals surface area (Å²) in [5.74, 6) is 0.236. The van der Waals surface area contributed by atoms with E-state index in [0.717, 1.165) is 51.0 Å². The van der Waals surface area contributed by atoms with Crippen LogP contribution in [0.4, 0.5) is 4.79 Å². The van der Waals surface area contributed by atoms with E-state index in [4.69, 9.17) is 4.74 Å². The standard InChI is InChI=1S/C14H19NO3.C9H16N2O.2C3H8/c1-14(2,3)18-13(17)15-7-6-10-4-5-12(16)8-11(10)9-15;1-9-3-2-5-11(7-9)6-4-10-8-12;2*1-3-2/h4-5,8,16H,6-7,9H2,1-3H3;3,8H,2,4-7H2,1H3,(H,10,12);2*3H2,1-2H3. The molecule has 0 bridgehead atoms. The Hall–Kier alpha value is -2.54. The van der Waals surface area contributed by atoms with E-state index < -0.39 is 5.60 Å². The van der Waals surface area contributed by atoms with Gasteiger partial charge in [-0.3, -0.25) is 9.69 Å². The molecule has 2 aliphatic heterocycles.